The van der Waals surface area contributed by atoms with E-state index in [9.17, 15) is 0 Å². The van der Waals surface area contributed by atoms with Gasteiger partial charge in [0, 0.05) is 12.7 Å². The Kier molecular flexibility index (Phi) is 3.47. The first-order valence-corrected chi connectivity index (χ1v) is 5.97. The van der Waals surface area contributed by atoms with Crippen LogP contribution in [0.3, 0.4) is 0 Å². The molecule has 0 saturated carbocycles. The second kappa shape index (κ2) is 5.04. The van der Waals surface area contributed by atoms with E-state index in [0.29, 0.717) is 0 Å². The minimum absolute atomic E-state index is 0.834. The third-order valence-electron chi connectivity index (χ3n) is 3.03. The third-order valence-corrected chi connectivity index (χ3v) is 3.03. The van der Waals surface area contributed by atoms with Gasteiger partial charge in [-0.05, 0) is 37.8 Å². The van der Waals surface area contributed by atoms with Crippen LogP contribution < -0.4 is 5.32 Å². The Morgan fingerprint density at radius 1 is 1.24 bits per heavy atom. The molecule has 1 aromatic heterocycles. The van der Waals surface area contributed by atoms with Crippen LogP contribution in [-0.2, 0) is 12.8 Å². The van der Waals surface area contributed by atoms with Crippen molar-refractivity contribution in [2.24, 2.45) is 0 Å². The molecule has 0 fully saturated rings. The van der Waals surface area contributed by atoms with Crippen LogP contribution in [0.25, 0.3) is 0 Å². The van der Waals surface area contributed by atoms with Gasteiger partial charge < -0.3 is 10.3 Å². The van der Waals surface area contributed by atoms with Crippen LogP contribution in [0, 0.1) is 13.8 Å². The summed E-state index contributed by atoms with van der Waals surface area (Å²) in [5.74, 6) is 0.834. The number of nitrogens with one attached hydrogen (secondary N) is 2. The first kappa shape index (κ1) is 11.7. The van der Waals surface area contributed by atoms with Crippen LogP contribution in [-0.4, -0.2) is 17.0 Å². The molecule has 3 heteroatoms. The normalized spacial score (nSPS) is 10.5. The fourth-order valence-corrected chi connectivity index (χ4v) is 2.01. The van der Waals surface area contributed by atoms with Gasteiger partial charge in [0.2, 0.25) is 0 Å². The summed E-state index contributed by atoms with van der Waals surface area (Å²) in [4.78, 5) is 7.46. The molecule has 0 unspecified atom stereocenters. The highest BCUT2D eigenvalue weighted by Crippen LogP contribution is 2.13. The molecule has 0 radical (unpaired) electrons. The summed E-state index contributed by atoms with van der Waals surface area (Å²) < 4.78 is 0. The second-order valence-electron chi connectivity index (χ2n) is 4.44. The Hall–Kier alpha value is -1.77. The second-order valence-corrected chi connectivity index (χ2v) is 4.44. The minimum atomic E-state index is 0.834. The van der Waals surface area contributed by atoms with Gasteiger partial charge in [0.05, 0.1) is 6.20 Å². The monoisotopic (exact) mass is 229 g/mol. The van der Waals surface area contributed by atoms with Gasteiger partial charge in [-0.1, -0.05) is 23.8 Å². The van der Waals surface area contributed by atoms with Crippen molar-refractivity contribution in [1.29, 1.82) is 0 Å². The molecule has 0 spiro atoms. The molecule has 1 heterocycles. The smallest absolute Gasteiger partial charge is 0.200 e. The topological polar surface area (TPSA) is 40.7 Å². The molecule has 90 valence electrons. The first-order chi connectivity index (χ1) is 8.19. The highest BCUT2D eigenvalue weighted by molar-refractivity contribution is 5.31. The summed E-state index contributed by atoms with van der Waals surface area (Å²) in [5, 5.41) is 3.00. The van der Waals surface area contributed by atoms with Gasteiger partial charge in [0.25, 0.3) is 0 Å². The van der Waals surface area contributed by atoms with Gasteiger partial charge >= 0.3 is 0 Å². The molecule has 0 aliphatic heterocycles. The fourth-order valence-electron chi connectivity index (χ4n) is 2.01. The van der Waals surface area contributed by atoms with Crippen LogP contribution in [0.2, 0.25) is 0 Å². The lowest BCUT2D eigenvalue weighted by atomic mass is 10.0. The number of rotatable bonds is 4. The number of aryl methyl sites for hydroxylation is 4. The Morgan fingerprint density at radius 3 is 2.71 bits per heavy atom. The number of anilines is 1. The SMILES string of the molecule is CNc1ncc(CCc2ccc(C)cc2C)[nH]1. The number of imidazole rings is 1. The van der Waals surface area contributed by atoms with Crippen molar-refractivity contribution in [3.05, 3.63) is 46.8 Å². The van der Waals surface area contributed by atoms with Crippen molar-refractivity contribution < 1.29 is 0 Å². The molecule has 3 nitrogen and oxygen atoms in total. The van der Waals surface area contributed by atoms with Crippen molar-refractivity contribution in [3.8, 4) is 0 Å². The lowest BCUT2D eigenvalue weighted by Crippen LogP contribution is -1.95. The molecule has 0 atom stereocenters. The summed E-state index contributed by atoms with van der Waals surface area (Å²) in [7, 11) is 1.87. The van der Waals surface area contributed by atoms with Crippen molar-refractivity contribution in [3.63, 3.8) is 0 Å². The highest BCUT2D eigenvalue weighted by Gasteiger charge is 2.02. The van der Waals surface area contributed by atoms with E-state index in [2.05, 4.69) is 47.3 Å². The van der Waals surface area contributed by atoms with Gasteiger partial charge in [0.1, 0.15) is 0 Å². The van der Waals surface area contributed by atoms with Crippen LogP contribution in [0.4, 0.5) is 5.95 Å². The zero-order valence-corrected chi connectivity index (χ0v) is 10.7. The van der Waals surface area contributed by atoms with E-state index in [1.807, 2.05) is 13.2 Å². The van der Waals surface area contributed by atoms with Crippen LogP contribution in [0.15, 0.2) is 24.4 Å². The van der Waals surface area contributed by atoms with Gasteiger partial charge in [-0.15, -0.1) is 0 Å². The van der Waals surface area contributed by atoms with Gasteiger partial charge in [-0.3, -0.25) is 0 Å². The van der Waals surface area contributed by atoms with Crippen LogP contribution in [0.1, 0.15) is 22.4 Å². The molecule has 0 saturated heterocycles. The number of H-pyrrole nitrogens is 1. The maximum Gasteiger partial charge on any atom is 0.200 e. The standard InChI is InChI=1S/C14H19N3/c1-10-4-5-12(11(2)8-10)6-7-13-9-16-14(15-3)17-13/h4-5,8-9H,6-7H2,1-3H3,(H2,15,16,17). The van der Waals surface area contributed by atoms with E-state index in [-0.39, 0.29) is 0 Å². The molecule has 2 aromatic rings. The largest absolute Gasteiger partial charge is 0.359 e. The maximum absolute atomic E-state index is 4.22. The highest BCUT2D eigenvalue weighted by atomic mass is 15.1. The number of nitrogens with zero attached hydrogens (tertiary/aromatic N) is 1. The Morgan fingerprint density at radius 2 is 2.06 bits per heavy atom. The molecular formula is C14H19N3. The minimum Gasteiger partial charge on any atom is -0.359 e. The number of aromatic amines is 1. The molecule has 1 aromatic carbocycles. The third kappa shape index (κ3) is 2.87. The molecular weight excluding hydrogens is 210 g/mol. The summed E-state index contributed by atoms with van der Waals surface area (Å²) in [5.41, 5.74) is 5.29. The lowest BCUT2D eigenvalue weighted by molar-refractivity contribution is 0.916. The van der Waals surface area contributed by atoms with Crippen molar-refractivity contribution in [2.45, 2.75) is 26.7 Å². The van der Waals surface area contributed by atoms with Gasteiger partial charge in [0.15, 0.2) is 5.95 Å². The van der Waals surface area contributed by atoms with E-state index in [4.69, 9.17) is 0 Å². The van der Waals surface area contributed by atoms with Crippen molar-refractivity contribution >= 4 is 5.95 Å². The van der Waals surface area contributed by atoms with E-state index >= 15 is 0 Å². The number of hydrogen-bond donors (Lipinski definition) is 2. The number of aromatic nitrogens is 2. The van der Waals surface area contributed by atoms with Crippen LogP contribution >= 0.6 is 0 Å². The van der Waals surface area contributed by atoms with Crippen molar-refractivity contribution in [2.75, 3.05) is 12.4 Å². The lowest BCUT2D eigenvalue weighted by Gasteiger charge is -2.05. The van der Waals surface area contributed by atoms with E-state index < -0.39 is 0 Å². The number of hydrogen-bond acceptors (Lipinski definition) is 2. The van der Waals surface area contributed by atoms with E-state index in [0.717, 1.165) is 18.8 Å². The van der Waals surface area contributed by atoms with Crippen LogP contribution in [0.5, 0.6) is 0 Å². The Bertz CT molecular complexity index is 500. The average Bonchev–Trinajstić information content (AvgIpc) is 2.76. The summed E-state index contributed by atoms with van der Waals surface area (Å²) in [6, 6.07) is 6.63. The van der Waals surface area contributed by atoms with E-state index in [1.165, 1.54) is 22.4 Å². The zero-order valence-electron chi connectivity index (χ0n) is 10.7. The van der Waals surface area contributed by atoms with Crippen molar-refractivity contribution in [1.82, 2.24) is 9.97 Å². The molecule has 0 aliphatic rings. The zero-order chi connectivity index (χ0) is 12.3. The maximum atomic E-state index is 4.22. The Balaban J connectivity index is 2.02. The number of benzene rings is 1. The Labute approximate surface area is 102 Å². The molecule has 2 N–H and O–H groups in total. The van der Waals surface area contributed by atoms with Gasteiger partial charge in [-0.2, -0.15) is 0 Å². The molecule has 0 aliphatic carbocycles. The summed E-state index contributed by atoms with van der Waals surface area (Å²) in [6.07, 6.45) is 3.95. The quantitative estimate of drug-likeness (QED) is 0.846. The molecule has 0 amide bonds. The van der Waals surface area contributed by atoms with E-state index in [1.54, 1.807) is 0 Å². The summed E-state index contributed by atoms with van der Waals surface area (Å²) in [6.45, 7) is 4.30. The molecule has 17 heavy (non-hydrogen) atoms. The predicted octanol–water partition coefficient (Wildman–Crippen LogP) is 2.85. The first-order valence-electron chi connectivity index (χ1n) is 5.97. The molecule has 2 rings (SSSR count). The average molecular weight is 229 g/mol. The molecule has 0 bridgehead atoms. The fraction of sp³-hybridized carbons (Fsp3) is 0.357. The predicted molar refractivity (Wildman–Crippen MR) is 71.5 cm³/mol. The summed E-state index contributed by atoms with van der Waals surface area (Å²) >= 11 is 0. The van der Waals surface area contributed by atoms with Gasteiger partial charge in [-0.25, -0.2) is 4.98 Å².